The molecule has 1 aromatic heterocycles. The van der Waals surface area contributed by atoms with Crippen LogP contribution in [-0.2, 0) is 17.8 Å². The Labute approximate surface area is 251 Å². The number of benzene rings is 2. The van der Waals surface area contributed by atoms with E-state index in [1.807, 2.05) is 49.4 Å². The predicted octanol–water partition coefficient (Wildman–Crippen LogP) is 5.03. The number of carbonyl (C=O) groups excluding carboxylic acids is 1. The number of fused-ring (bicyclic) bond motifs is 2. The van der Waals surface area contributed by atoms with Gasteiger partial charge in [0.05, 0.1) is 45.4 Å². The van der Waals surface area contributed by atoms with Crippen LogP contribution in [0, 0.1) is 16.7 Å². The smallest absolute Gasteiger partial charge is 0.220 e. The highest BCUT2D eigenvalue weighted by molar-refractivity contribution is 7.15. The number of ether oxygens (including phenoxy) is 3. The summed E-state index contributed by atoms with van der Waals surface area (Å²) in [5, 5.41) is 28.8. The number of rotatable bonds is 10. The summed E-state index contributed by atoms with van der Waals surface area (Å²) >= 11 is 1.55. The van der Waals surface area contributed by atoms with Crippen LogP contribution < -0.4 is 24.8 Å². The third-order valence-corrected chi connectivity index (χ3v) is 10.6. The van der Waals surface area contributed by atoms with Gasteiger partial charge >= 0.3 is 0 Å². The molecule has 0 radical (unpaired) electrons. The number of aliphatic hydroxyl groups excluding tert-OH is 2. The van der Waals surface area contributed by atoms with Crippen LogP contribution in [0.5, 0.6) is 17.2 Å². The molecular weight excluding hydrogens is 554 g/mol. The largest absolute Gasteiger partial charge is 0.497 e. The van der Waals surface area contributed by atoms with E-state index in [9.17, 15) is 15.0 Å². The standard InChI is InChI=1S/C32H41N3O6S/c1-31-13-12-27(37)32(2,18-36)26(31)16-25-29(22(31)15-28(38)33-17-19-6-8-20(39-3)9-7-19)35-30(42-25)34-23-14-21(40-4)10-11-24(23)41-5/h6-11,14,22,26-27,36-37H,12-13,15-18H2,1-5H3,(H,33,38)(H,34,35). The van der Waals surface area contributed by atoms with Gasteiger partial charge in [0.15, 0.2) is 5.13 Å². The summed E-state index contributed by atoms with van der Waals surface area (Å²) in [5.41, 5.74) is 1.62. The molecule has 5 atom stereocenters. The summed E-state index contributed by atoms with van der Waals surface area (Å²) in [6.07, 6.45) is 1.64. The van der Waals surface area contributed by atoms with Crippen molar-refractivity contribution in [1.82, 2.24) is 10.3 Å². The Bertz CT molecular complexity index is 1410. The molecule has 226 valence electrons. The van der Waals surface area contributed by atoms with Crippen molar-refractivity contribution in [2.75, 3.05) is 33.3 Å². The lowest BCUT2D eigenvalue weighted by atomic mass is 9.47. The summed E-state index contributed by atoms with van der Waals surface area (Å²) in [6, 6.07) is 13.2. The minimum Gasteiger partial charge on any atom is -0.497 e. The molecule has 5 rings (SSSR count). The van der Waals surface area contributed by atoms with Crippen LogP contribution in [0.25, 0.3) is 0 Å². The van der Waals surface area contributed by atoms with E-state index in [2.05, 4.69) is 17.6 Å². The zero-order chi connectivity index (χ0) is 30.1. The first-order valence-electron chi connectivity index (χ1n) is 14.3. The zero-order valence-electron chi connectivity index (χ0n) is 24.9. The molecule has 10 heteroatoms. The van der Waals surface area contributed by atoms with Crippen molar-refractivity contribution in [1.29, 1.82) is 0 Å². The third kappa shape index (κ3) is 5.55. The predicted molar refractivity (Wildman–Crippen MR) is 163 cm³/mol. The maximum atomic E-state index is 13.5. The van der Waals surface area contributed by atoms with Crippen molar-refractivity contribution in [2.24, 2.45) is 16.7 Å². The Morgan fingerprint density at radius 2 is 1.79 bits per heavy atom. The van der Waals surface area contributed by atoms with Crippen LogP contribution in [0.2, 0.25) is 0 Å². The topological polar surface area (TPSA) is 122 Å². The molecule has 3 aromatic rings. The second kappa shape index (κ2) is 12.1. The summed E-state index contributed by atoms with van der Waals surface area (Å²) in [4.78, 5) is 19.6. The lowest BCUT2D eigenvalue weighted by Gasteiger charge is -2.58. The fourth-order valence-electron chi connectivity index (χ4n) is 6.93. The number of nitrogens with zero attached hydrogens (tertiary/aromatic N) is 1. The molecule has 2 aromatic carbocycles. The van der Waals surface area contributed by atoms with Gasteiger partial charge in [-0.15, -0.1) is 11.3 Å². The van der Waals surface area contributed by atoms with Gasteiger partial charge in [0, 0.05) is 35.2 Å². The molecule has 0 saturated heterocycles. The molecule has 0 spiro atoms. The summed E-state index contributed by atoms with van der Waals surface area (Å²) < 4.78 is 16.2. The van der Waals surface area contributed by atoms with Gasteiger partial charge in [-0.25, -0.2) is 4.98 Å². The quantitative estimate of drug-likeness (QED) is 0.257. The molecular formula is C32H41N3O6S. The molecule has 5 unspecified atom stereocenters. The van der Waals surface area contributed by atoms with E-state index in [0.717, 1.165) is 34.0 Å². The summed E-state index contributed by atoms with van der Waals surface area (Å²) in [7, 11) is 4.86. The first-order chi connectivity index (χ1) is 20.1. The van der Waals surface area contributed by atoms with Gasteiger partial charge in [-0.1, -0.05) is 26.0 Å². The monoisotopic (exact) mass is 595 g/mol. The normalized spacial score (nSPS) is 26.5. The van der Waals surface area contributed by atoms with E-state index >= 15 is 0 Å². The fraction of sp³-hybridized carbons (Fsp3) is 0.500. The highest BCUT2D eigenvalue weighted by Gasteiger charge is 2.59. The third-order valence-electron chi connectivity index (χ3n) is 9.58. The minimum absolute atomic E-state index is 0.0229. The Kier molecular flexibility index (Phi) is 8.68. The molecule has 2 aliphatic carbocycles. The van der Waals surface area contributed by atoms with Crippen LogP contribution in [0.1, 0.15) is 55.2 Å². The summed E-state index contributed by atoms with van der Waals surface area (Å²) in [6.45, 7) is 4.48. The first-order valence-corrected chi connectivity index (χ1v) is 15.1. The number of aliphatic hydroxyl groups is 2. The van der Waals surface area contributed by atoms with Crippen molar-refractivity contribution < 1.29 is 29.2 Å². The Balaban J connectivity index is 1.46. The summed E-state index contributed by atoms with van der Waals surface area (Å²) in [5.74, 6) is 1.86. The number of thiazole rings is 1. The first kappa shape index (κ1) is 30.1. The average Bonchev–Trinajstić information content (AvgIpc) is 3.41. The van der Waals surface area contributed by atoms with E-state index in [1.165, 1.54) is 0 Å². The van der Waals surface area contributed by atoms with Gasteiger partial charge in [0.1, 0.15) is 17.2 Å². The molecule has 1 heterocycles. The van der Waals surface area contributed by atoms with Gasteiger partial charge < -0.3 is 35.1 Å². The number of methoxy groups -OCH3 is 3. The van der Waals surface area contributed by atoms with E-state index in [-0.39, 0.29) is 36.2 Å². The number of nitrogens with one attached hydrogen (secondary N) is 2. The highest BCUT2D eigenvalue weighted by atomic mass is 32.1. The number of carbonyl (C=O) groups is 1. The van der Waals surface area contributed by atoms with Gasteiger partial charge in [-0.2, -0.15) is 0 Å². The van der Waals surface area contributed by atoms with Crippen LogP contribution in [0.3, 0.4) is 0 Å². The Morgan fingerprint density at radius 1 is 1.07 bits per heavy atom. The number of hydrogen-bond acceptors (Lipinski definition) is 9. The molecule has 9 nitrogen and oxygen atoms in total. The second-order valence-corrected chi connectivity index (χ2v) is 13.0. The molecule has 0 bridgehead atoms. The van der Waals surface area contributed by atoms with Crippen molar-refractivity contribution >= 4 is 28.1 Å². The second-order valence-electron chi connectivity index (χ2n) is 11.9. The number of anilines is 2. The maximum absolute atomic E-state index is 13.5. The molecule has 1 amide bonds. The molecule has 2 aliphatic rings. The van der Waals surface area contributed by atoms with Crippen molar-refractivity contribution in [3.05, 3.63) is 58.6 Å². The van der Waals surface area contributed by atoms with Crippen molar-refractivity contribution in [3.8, 4) is 17.2 Å². The number of hydrogen-bond donors (Lipinski definition) is 4. The molecule has 0 aliphatic heterocycles. The van der Waals surface area contributed by atoms with Crippen LogP contribution in [-0.4, -0.2) is 55.1 Å². The lowest BCUT2D eigenvalue weighted by molar-refractivity contribution is -0.144. The molecule has 1 saturated carbocycles. The van der Waals surface area contributed by atoms with Crippen molar-refractivity contribution in [2.45, 2.75) is 58.1 Å². The van der Waals surface area contributed by atoms with Crippen LogP contribution in [0.4, 0.5) is 10.8 Å². The SMILES string of the molecule is COc1ccc(CNC(=O)CC2c3nc(Nc4cc(OC)ccc4OC)sc3CC3C(C)(CO)C(O)CCC23C)cc1. The molecule has 4 N–H and O–H groups in total. The highest BCUT2D eigenvalue weighted by Crippen LogP contribution is 2.63. The van der Waals surface area contributed by atoms with Gasteiger partial charge in [-0.05, 0) is 60.4 Å². The number of amides is 1. The molecule has 1 fully saturated rings. The maximum Gasteiger partial charge on any atom is 0.220 e. The number of aromatic nitrogens is 1. The van der Waals surface area contributed by atoms with Crippen LogP contribution >= 0.6 is 11.3 Å². The zero-order valence-corrected chi connectivity index (χ0v) is 25.7. The Hall–Kier alpha value is -3.34. The fourth-order valence-corrected chi connectivity index (χ4v) is 8.01. The Morgan fingerprint density at radius 3 is 2.45 bits per heavy atom. The van der Waals surface area contributed by atoms with Gasteiger partial charge in [0.25, 0.3) is 0 Å². The van der Waals surface area contributed by atoms with E-state index < -0.39 is 11.5 Å². The molecule has 42 heavy (non-hydrogen) atoms. The lowest BCUT2D eigenvalue weighted by Crippen LogP contribution is -2.57. The average molecular weight is 596 g/mol. The van der Waals surface area contributed by atoms with E-state index in [0.29, 0.717) is 36.0 Å². The van der Waals surface area contributed by atoms with E-state index in [4.69, 9.17) is 19.2 Å². The van der Waals surface area contributed by atoms with Crippen molar-refractivity contribution in [3.63, 3.8) is 0 Å². The minimum atomic E-state index is -0.684. The van der Waals surface area contributed by atoms with Crippen LogP contribution in [0.15, 0.2) is 42.5 Å². The van der Waals surface area contributed by atoms with Gasteiger partial charge in [-0.3, -0.25) is 4.79 Å². The van der Waals surface area contributed by atoms with E-state index in [1.54, 1.807) is 32.7 Å². The van der Waals surface area contributed by atoms with Gasteiger partial charge in [0.2, 0.25) is 5.91 Å².